The van der Waals surface area contributed by atoms with Gasteiger partial charge in [0.2, 0.25) is 0 Å². The van der Waals surface area contributed by atoms with Crippen LogP contribution >= 0.6 is 0 Å². The van der Waals surface area contributed by atoms with Gasteiger partial charge in [0.25, 0.3) is 5.91 Å². The van der Waals surface area contributed by atoms with E-state index >= 15 is 0 Å². The second kappa shape index (κ2) is 2.45. The van der Waals surface area contributed by atoms with Gasteiger partial charge in [-0.1, -0.05) is 0 Å². The minimum atomic E-state index is -0.799. The van der Waals surface area contributed by atoms with Crippen molar-refractivity contribution < 1.29 is 14.4 Å². The predicted octanol–water partition coefficient (Wildman–Crippen LogP) is 0.220. The first-order valence-electron chi connectivity index (χ1n) is 3.59. The summed E-state index contributed by atoms with van der Waals surface area (Å²) in [6.45, 7) is 3.35. The van der Waals surface area contributed by atoms with E-state index in [-0.39, 0.29) is 5.91 Å². The Labute approximate surface area is 70.8 Å². The lowest BCUT2D eigenvalue weighted by Crippen LogP contribution is -2.41. The number of hydroxylamine groups is 2. The first-order valence-corrected chi connectivity index (χ1v) is 3.59. The van der Waals surface area contributed by atoms with Crippen molar-refractivity contribution >= 4 is 11.9 Å². The Balaban J connectivity index is 3.02. The summed E-state index contributed by atoms with van der Waals surface area (Å²) in [4.78, 5) is 28.7. The molecule has 1 heterocycles. The summed E-state index contributed by atoms with van der Waals surface area (Å²) in [5, 5.41) is 0.764. The normalized spacial score (nSPS) is 22.3. The van der Waals surface area contributed by atoms with Crippen molar-refractivity contribution in [3.63, 3.8) is 0 Å². The van der Waals surface area contributed by atoms with Crippen LogP contribution in [0.15, 0.2) is 0 Å². The van der Waals surface area contributed by atoms with Gasteiger partial charge >= 0.3 is 6.03 Å². The van der Waals surface area contributed by atoms with E-state index < -0.39 is 11.6 Å². The molecule has 1 rings (SSSR count). The average molecular weight is 172 g/mol. The molecule has 0 aromatic carbocycles. The second-order valence-corrected chi connectivity index (χ2v) is 3.18. The number of urea groups is 1. The van der Waals surface area contributed by atoms with E-state index in [2.05, 4.69) is 4.84 Å². The van der Waals surface area contributed by atoms with Crippen molar-refractivity contribution in [2.45, 2.75) is 19.4 Å². The Hall–Kier alpha value is -1.10. The molecule has 0 bridgehead atoms. The molecule has 1 aliphatic rings. The fraction of sp³-hybridized carbons (Fsp3) is 0.714. The molecule has 0 aromatic heterocycles. The van der Waals surface area contributed by atoms with Crippen LogP contribution in [0.1, 0.15) is 13.8 Å². The van der Waals surface area contributed by atoms with E-state index in [1.165, 1.54) is 12.0 Å². The number of imide groups is 1. The monoisotopic (exact) mass is 172 g/mol. The van der Waals surface area contributed by atoms with Crippen LogP contribution in [-0.4, -0.2) is 41.6 Å². The van der Waals surface area contributed by atoms with Gasteiger partial charge in [0.05, 0.1) is 7.11 Å². The number of carbonyl (C=O) groups excluding carboxylic acids is 2. The summed E-state index contributed by atoms with van der Waals surface area (Å²) in [6.07, 6.45) is 0. The van der Waals surface area contributed by atoms with E-state index in [1.54, 1.807) is 20.9 Å². The number of amides is 3. The zero-order chi connectivity index (χ0) is 9.52. The summed E-state index contributed by atoms with van der Waals surface area (Å²) in [5.74, 6) is -0.336. The minimum absolute atomic E-state index is 0.336. The molecule has 0 aliphatic carbocycles. The molecule has 0 radical (unpaired) electrons. The molecule has 0 atom stereocenters. The maximum atomic E-state index is 11.4. The first kappa shape index (κ1) is 8.99. The summed E-state index contributed by atoms with van der Waals surface area (Å²) >= 11 is 0. The standard InChI is InChI=1S/C7H12N2O3/c1-7(2)5(10)9(12-4)6(11)8(7)3/h1-4H3. The van der Waals surface area contributed by atoms with Gasteiger partial charge < -0.3 is 4.90 Å². The number of rotatable bonds is 1. The fourth-order valence-electron chi connectivity index (χ4n) is 1.02. The molecule has 5 nitrogen and oxygen atoms in total. The number of likely N-dealkylation sites (N-methyl/N-ethyl adjacent to an activating group) is 1. The Bertz CT molecular complexity index is 237. The summed E-state index contributed by atoms with van der Waals surface area (Å²) < 4.78 is 0. The van der Waals surface area contributed by atoms with Crippen LogP contribution in [0.3, 0.4) is 0 Å². The Morgan fingerprint density at radius 1 is 1.33 bits per heavy atom. The molecular formula is C7H12N2O3. The van der Waals surface area contributed by atoms with E-state index in [9.17, 15) is 9.59 Å². The maximum absolute atomic E-state index is 11.4. The third-order valence-electron chi connectivity index (χ3n) is 2.19. The van der Waals surface area contributed by atoms with Crippen molar-refractivity contribution in [1.29, 1.82) is 0 Å². The molecule has 5 heteroatoms. The molecule has 0 spiro atoms. The van der Waals surface area contributed by atoms with Crippen LogP contribution in [0.4, 0.5) is 4.79 Å². The Kier molecular flexibility index (Phi) is 1.83. The van der Waals surface area contributed by atoms with Crippen LogP contribution in [0.5, 0.6) is 0 Å². The van der Waals surface area contributed by atoms with Crippen LogP contribution in [-0.2, 0) is 9.63 Å². The van der Waals surface area contributed by atoms with Crippen molar-refractivity contribution in [2.75, 3.05) is 14.2 Å². The zero-order valence-electron chi connectivity index (χ0n) is 7.62. The molecule has 1 saturated heterocycles. The van der Waals surface area contributed by atoms with E-state index in [1.807, 2.05) is 0 Å². The number of hydrogen-bond donors (Lipinski definition) is 0. The predicted molar refractivity (Wildman–Crippen MR) is 41.1 cm³/mol. The largest absolute Gasteiger partial charge is 0.352 e. The fourth-order valence-corrected chi connectivity index (χ4v) is 1.02. The molecule has 0 saturated carbocycles. The van der Waals surface area contributed by atoms with Gasteiger partial charge in [-0.05, 0) is 13.8 Å². The molecule has 3 amide bonds. The van der Waals surface area contributed by atoms with E-state index in [0.29, 0.717) is 0 Å². The molecule has 0 aromatic rings. The number of nitrogens with zero attached hydrogens (tertiary/aromatic N) is 2. The van der Waals surface area contributed by atoms with Gasteiger partial charge in [-0.15, -0.1) is 5.06 Å². The topological polar surface area (TPSA) is 49.9 Å². The van der Waals surface area contributed by atoms with Crippen LogP contribution in [0.25, 0.3) is 0 Å². The van der Waals surface area contributed by atoms with Crippen LogP contribution in [0, 0.1) is 0 Å². The van der Waals surface area contributed by atoms with Gasteiger partial charge in [-0.2, -0.15) is 0 Å². The molecular weight excluding hydrogens is 160 g/mol. The van der Waals surface area contributed by atoms with Crippen LogP contribution < -0.4 is 0 Å². The molecule has 0 unspecified atom stereocenters. The van der Waals surface area contributed by atoms with Gasteiger partial charge in [0.15, 0.2) is 0 Å². The average Bonchev–Trinajstić information content (AvgIpc) is 2.15. The van der Waals surface area contributed by atoms with Crippen molar-refractivity contribution in [1.82, 2.24) is 9.96 Å². The highest BCUT2D eigenvalue weighted by Crippen LogP contribution is 2.25. The van der Waals surface area contributed by atoms with Crippen molar-refractivity contribution in [3.8, 4) is 0 Å². The van der Waals surface area contributed by atoms with Crippen molar-refractivity contribution in [2.24, 2.45) is 0 Å². The quantitative estimate of drug-likeness (QED) is 0.531. The highest BCUT2D eigenvalue weighted by molar-refractivity contribution is 6.05. The summed E-state index contributed by atoms with van der Waals surface area (Å²) in [6, 6.07) is -0.424. The third-order valence-corrected chi connectivity index (χ3v) is 2.19. The van der Waals surface area contributed by atoms with Crippen molar-refractivity contribution in [3.05, 3.63) is 0 Å². The lowest BCUT2D eigenvalue weighted by Gasteiger charge is -2.22. The molecule has 12 heavy (non-hydrogen) atoms. The summed E-state index contributed by atoms with van der Waals surface area (Å²) in [7, 11) is 2.87. The van der Waals surface area contributed by atoms with Gasteiger partial charge in [-0.25, -0.2) is 4.79 Å². The molecule has 68 valence electrons. The number of carbonyl (C=O) groups is 2. The SMILES string of the molecule is CON1C(=O)N(C)C(C)(C)C1=O. The Morgan fingerprint density at radius 3 is 2.00 bits per heavy atom. The maximum Gasteiger partial charge on any atom is 0.352 e. The lowest BCUT2D eigenvalue weighted by molar-refractivity contribution is -0.158. The molecule has 0 N–H and O–H groups in total. The highest BCUT2D eigenvalue weighted by Gasteiger charge is 2.50. The first-order chi connectivity index (χ1) is 5.42. The Morgan fingerprint density at radius 2 is 1.83 bits per heavy atom. The smallest absolute Gasteiger partial charge is 0.311 e. The third kappa shape index (κ3) is 0.896. The van der Waals surface area contributed by atoms with Crippen LogP contribution in [0.2, 0.25) is 0 Å². The molecule has 1 fully saturated rings. The van der Waals surface area contributed by atoms with Gasteiger partial charge in [-0.3, -0.25) is 9.63 Å². The minimum Gasteiger partial charge on any atom is -0.311 e. The molecule has 1 aliphatic heterocycles. The zero-order valence-corrected chi connectivity index (χ0v) is 7.62. The lowest BCUT2D eigenvalue weighted by atomic mass is 10.1. The summed E-state index contributed by atoms with van der Waals surface area (Å²) in [5.41, 5.74) is -0.799. The number of hydrogen-bond acceptors (Lipinski definition) is 3. The van der Waals surface area contributed by atoms with E-state index in [4.69, 9.17) is 0 Å². The van der Waals surface area contributed by atoms with Gasteiger partial charge in [0, 0.05) is 7.05 Å². The second-order valence-electron chi connectivity index (χ2n) is 3.18. The van der Waals surface area contributed by atoms with E-state index in [0.717, 1.165) is 5.06 Å². The highest BCUT2D eigenvalue weighted by atomic mass is 16.7. The van der Waals surface area contributed by atoms with Gasteiger partial charge in [0.1, 0.15) is 5.54 Å².